The molecule has 2 atom stereocenters. The fraction of sp³-hybridized carbons (Fsp3) is 0.818. The first-order valence-electron chi connectivity index (χ1n) is 5.18. The van der Waals surface area contributed by atoms with Crippen molar-refractivity contribution >= 4 is 11.6 Å². The zero-order valence-corrected chi connectivity index (χ0v) is 8.14. The van der Waals surface area contributed by atoms with Gasteiger partial charge < -0.3 is 0 Å². The summed E-state index contributed by atoms with van der Waals surface area (Å²) in [4.78, 5) is 23.1. The molecular formula is C11H16O2. The molecule has 0 radical (unpaired) electrons. The van der Waals surface area contributed by atoms with Crippen LogP contribution in [0.15, 0.2) is 0 Å². The Hall–Kier alpha value is -0.660. The molecule has 0 spiro atoms. The second-order valence-electron chi connectivity index (χ2n) is 4.68. The lowest BCUT2D eigenvalue weighted by atomic mass is 9.60. The van der Waals surface area contributed by atoms with Crippen LogP contribution >= 0.6 is 0 Å². The monoisotopic (exact) mass is 180 g/mol. The molecule has 2 aliphatic carbocycles. The molecule has 0 aliphatic heterocycles. The molecule has 0 saturated heterocycles. The summed E-state index contributed by atoms with van der Waals surface area (Å²) < 4.78 is 0. The molecule has 0 aromatic heterocycles. The minimum absolute atomic E-state index is 0.284. The zero-order chi connectivity index (χ0) is 9.47. The molecule has 2 fully saturated rings. The van der Waals surface area contributed by atoms with E-state index in [-0.39, 0.29) is 11.2 Å². The summed E-state index contributed by atoms with van der Waals surface area (Å²) in [6, 6.07) is 0. The first-order chi connectivity index (χ1) is 6.13. The van der Waals surface area contributed by atoms with Gasteiger partial charge in [-0.1, -0.05) is 6.92 Å². The Balaban J connectivity index is 2.25. The number of carbonyl (C=O) groups excluding carboxylic acids is 2. The molecule has 0 N–H and O–H groups in total. The molecule has 0 unspecified atom stereocenters. The van der Waals surface area contributed by atoms with E-state index in [0.717, 1.165) is 19.3 Å². The average Bonchev–Trinajstić information content (AvgIpc) is 2.07. The maximum atomic E-state index is 11.7. The highest BCUT2D eigenvalue weighted by Crippen LogP contribution is 2.46. The van der Waals surface area contributed by atoms with Crippen LogP contribution in [0, 0.1) is 11.3 Å². The van der Waals surface area contributed by atoms with Crippen LogP contribution in [0.4, 0.5) is 0 Å². The highest BCUT2D eigenvalue weighted by Gasteiger charge is 2.46. The van der Waals surface area contributed by atoms with E-state index in [2.05, 4.69) is 0 Å². The highest BCUT2D eigenvalue weighted by atomic mass is 16.1. The summed E-state index contributed by atoms with van der Waals surface area (Å²) in [7, 11) is 0. The first-order valence-corrected chi connectivity index (χ1v) is 5.18. The molecule has 2 heteroatoms. The van der Waals surface area contributed by atoms with E-state index >= 15 is 0 Å². The van der Waals surface area contributed by atoms with Crippen molar-refractivity contribution < 1.29 is 9.59 Å². The van der Waals surface area contributed by atoms with Crippen molar-refractivity contribution in [1.29, 1.82) is 0 Å². The number of hydrogen-bond acceptors (Lipinski definition) is 2. The number of hydrogen-bond donors (Lipinski definition) is 0. The fourth-order valence-electron chi connectivity index (χ4n) is 2.88. The Morgan fingerprint density at radius 1 is 1.23 bits per heavy atom. The van der Waals surface area contributed by atoms with E-state index in [1.807, 2.05) is 6.92 Å². The Kier molecular flexibility index (Phi) is 2.01. The van der Waals surface area contributed by atoms with E-state index in [1.54, 1.807) is 0 Å². The third kappa shape index (κ3) is 1.32. The van der Waals surface area contributed by atoms with Crippen LogP contribution in [0.3, 0.4) is 0 Å². The summed E-state index contributed by atoms with van der Waals surface area (Å²) in [6.45, 7) is 2.00. The van der Waals surface area contributed by atoms with Gasteiger partial charge in [-0.3, -0.25) is 9.59 Å². The van der Waals surface area contributed by atoms with Crippen LogP contribution in [0.2, 0.25) is 0 Å². The lowest BCUT2D eigenvalue weighted by molar-refractivity contribution is -0.142. The Morgan fingerprint density at radius 3 is 2.77 bits per heavy atom. The van der Waals surface area contributed by atoms with Crippen molar-refractivity contribution in [2.75, 3.05) is 0 Å². The molecule has 13 heavy (non-hydrogen) atoms. The van der Waals surface area contributed by atoms with E-state index < -0.39 is 0 Å². The van der Waals surface area contributed by atoms with Crippen molar-refractivity contribution in [1.82, 2.24) is 0 Å². The molecule has 0 heterocycles. The van der Waals surface area contributed by atoms with E-state index in [1.165, 1.54) is 0 Å². The predicted octanol–water partition coefficient (Wildman–Crippen LogP) is 2.11. The smallest absolute Gasteiger partial charge is 0.139 e. The van der Waals surface area contributed by atoms with E-state index in [4.69, 9.17) is 0 Å². The first kappa shape index (κ1) is 8.92. The van der Waals surface area contributed by atoms with E-state index in [9.17, 15) is 9.59 Å². The van der Waals surface area contributed by atoms with Crippen LogP contribution in [0.1, 0.15) is 45.4 Å². The van der Waals surface area contributed by atoms with Crippen LogP contribution in [-0.4, -0.2) is 11.6 Å². The summed E-state index contributed by atoms with van der Waals surface area (Å²) >= 11 is 0. The van der Waals surface area contributed by atoms with Gasteiger partial charge >= 0.3 is 0 Å². The molecule has 2 aliphatic rings. The second kappa shape index (κ2) is 2.93. The summed E-state index contributed by atoms with van der Waals surface area (Å²) in [5.74, 6) is 1.11. The van der Waals surface area contributed by atoms with E-state index in [0.29, 0.717) is 31.0 Å². The molecular weight excluding hydrogens is 164 g/mol. The average molecular weight is 180 g/mol. The van der Waals surface area contributed by atoms with Gasteiger partial charge in [0, 0.05) is 24.7 Å². The Labute approximate surface area is 78.7 Å². The Morgan fingerprint density at radius 2 is 2.00 bits per heavy atom. The van der Waals surface area contributed by atoms with Crippen molar-refractivity contribution in [2.45, 2.75) is 45.4 Å². The van der Waals surface area contributed by atoms with Gasteiger partial charge in [0.05, 0.1) is 0 Å². The second-order valence-corrected chi connectivity index (χ2v) is 4.68. The minimum Gasteiger partial charge on any atom is -0.300 e. The normalized spacial score (nSPS) is 40.2. The van der Waals surface area contributed by atoms with Gasteiger partial charge in [-0.25, -0.2) is 0 Å². The standard InChI is InChI=1S/C11H16O2/c1-11-7-9(12)6-5-8(11)3-2-4-10(11)13/h8H,2-7H2,1H3/t8-,11+/m0/s1. The molecule has 0 aromatic carbocycles. The minimum atomic E-state index is -0.284. The molecule has 0 bridgehead atoms. The van der Waals surface area contributed by atoms with Crippen molar-refractivity contribution in [2.24, 2.45) is 11.3 Å². The number of carbonyl (C=O) groups is 2. The third-order valence-corrected chi connectivity index (χ3v) is 3.83. The molecule has 2 nitrogen and oxygen atoms in total. The fourth-order valence-corrected chi connectivity index (χ4v) is 2.88. The topological polar surface area (TPSA) is 34.1 Å². The molecule has 0 aromatic rings. The lowest BCUT2D eigenvalue weighted by Gasteiger charge is -2.42. The summed E-state index contributed by atoms with van der Waals surface area (Å²) in [5.41, 5.74) is -0.284. The molecule has 72 valence electrons. The summed E-state index contributed by atoms with van der Waals surface area (Å²) in [6.07, 6.45) is 5.04. The van der Waals surface area contributed by atoms with Crippen LogP contribution < -0.4 is 0 Å². The number of ketones is 2. The quantitative estimate of drug-likeness (QED) is 0.572. The largest absolute Gasteiger partial charge is 0.300 e. The van der Waals surface area contributed by atoms with Crippen LogP contribution in [0.5, 0.6) is 0 Å². The maximum absolute atomic E-state index is 11.7. The van der Waals surface area contributed by atoms with Gasteiger partial charge in [0.15, 0.2) is 0 Å². The van der Waals surface area contributed by atoms with Crippen LogP contribution in [-0.2, 0) is 9.59 Å². The van der Waals surface area contributed by atoms with Gasteiger partial charge in [0.2, 0.25) is 0 Å². The molecule has 0 amide bonds. The van der Waals surface area contributed by atoms with Gasteiger partial charge in [-0.05, 0) is 25.2 Å². The Bertz CT molecular complexity index is 257. The lowest BCUT2D eigenvalue weighted by Crippen LogP contribution is -2.44. The molecule has 2 rings (SSSR count). The van der Waals surface area contributed by atoms with Gasteiger partial charge in [0.1, 0.15) is 11.6 Å². The van der Waals surface area contributed by atoms with Crippen molar-refractivity contribution in [3.8, 4) is 0 Å². The maximum Gasteiger partial charge on any atom is 0.139 e. The van der Waals surface area contributed by atoms with Crippen molar-refractivity contribution in [3.05, 3.63) is 0 Å². The van der Waals surface area contributed by atoms with Gasteiger partial charge in [-0.15, -0.1) is 0 Å². The zero-order valence-electron chi connectivity index (χ0n) is 8.14. The van der Waals surface area contributed by atoms with Gasteiger partial charge in [-0.2, -0.15) is 0 Å². The number of Topliss-reactive ketones (excluding diaryl/α,β-unsaturated/α-hetero) is 2. The SMILES string of the molecule is C[C@@]12CC(=O)CC[C@@H]1CCCC2=O. The highest BCUT2D eigenvalue weighted by molar-refractivity contribution is 5.92. The number of rotatable bonds is 0. The summed E-state index contributed by atoms with van der Waals surface area (Å²) in [5, 5.41) is 0. The number of fused-ring (bicyclic) bond motifs is 1. The predicted molar refractivity (Wildman–Crippen MR) is 49.3 cm³/mol. The van der Waals surface area contributed by atoms with Crippen LogP contribution in [0.25, 0.3) is 0 Å². The van der Waals surface area contributed by atoms with Gasteiger partial charge in [0.25, 0.3) is 0 Å². The third-order valence-electron chi connectivity index (χ3n) is 3.83. The van der Waals surface area contributed by atoms with Crippen molar-refractivity contribution in [3.63, 3.8) is 0 Å². The molecule has 2 saturated carbocycles.